The molecule has 0 aliphatic heterocycles. The molecule has 0 saturated heterocycles. The van der Waals surface area contributed by atoms with Crippen LogP contribution in [0.2, 0.25) is 5.15 Å². The van der Waals surface area contributed by atoms with Crippen molar-refractivity contribution in [3.63, 3.8) is 0 Å². The maximum atomic E-state index is 5.88. The van der Waals surface area contributed by atoms with Crippen LogP contribution in [-0.4, -0.2) is 23.6 Å². The molecule has 0 spiro atoms. The number of aromatic nitrogens is 2. The molecular weight excluding hydrogens is 186 g/mol. The molecule has 0 radical (unpaired) electrons. The van der Waals surface area contributed by atoms with Crippen molar-refractivity contribution in [1.82, 2.24) is 9.97 Å². The zero-order chi connectivity index (χ0) is 9.84. The first kappa shape index (κ1) is 10.3. The third-order valence-electron chi connectivity index (χ3n) is 1.92. The van der Waals surface area contributed by atoms with E-state index in [9.17, 15) is 0 Å². The standard InChI is InChI=1S/C9H14ClN3/c1-4-5-13(3)9-7(2)8(10)11-6-12-9/h6H,4-5H2,1-3H3. The Kier molecular flexibility index (Phi) is 3.48. The van der Waals surface area contributed by atoms with Crippen LogP contribution in [-0.2, 0) is 0 Å². The van der Waals surface area contributed by atoms with Crippen LogP contribution in [0.5, 0.6) is 0 Å². The van der Waals surface area contributed by atoms with E-state index in [1.54, 1.807) is 0 Å². The molecule has 0 bridgehead atoms. The summed E-state index contributed by atoms with van der Waals surface area (Å²) in [5, 5.41) is 0.535. The van der Waals surface area contributed by atoms with Crippen molar-refractivity contribution in [3.05, 3.63) is 17.0 Å². The smallest absolute Gasteiger partial charge is 0.137 e. The Morgan fingerprint density at radius 3 is 2.77 bits per heavy atom. The normalized spacial score (nSPS) is 10.2. The number of nitrogens with zero attached hydrogens (tertiary/aromatic N) is 3. The Labute approximate surface area is 83.8 Å². The molecule has 0 N–H and O–H groups in total. The number of hydrogen-bond acceptors (Lipinski definition) is 3. The lowest BCUT2D eigenvalue weighted by molar-refractivity contribution is 0.829. The second kappa shape index (κ2) is 4.42. The molecule has 0 aliphatic carbocycles. The molecule has 1 aromatic rings. The Morgan fingerprint density at radius 1 is 1.46 bits per heavy atom. The molecule has 0 aromatic carbocycles. The topological polar surface area (TPSA) is 29.0 Å². The van der Waals surface area contributed by atoms with E-state index in [1.165, 1.54) is 6.33 Å². The van der Waals surface area contributed by atoms with Crippen LogP contribution in [0.3, 0.4) is 0 Å². The number of rotatable bonds is 3. The van der Waals surface area contributed by atoms with Gasteiger partial charge in [0.05, 0.1) is 0 Å². The molecule has 0 aliphatic rings. The highest BCUT2D eigenvalue weighted by Crippen LogP contribution is 2.20. The van der Waals surface area contributed by atoms with Gasteiger partial charge in [-0.05, 0) is 13.3 Å². The van der Waals surface area contributed by atoms with Gasteiger partial charge >= 0.3 is 0 Å². The fraction of sp³-hybridized carbons (Fsp3) is 0.556. The van der Waals surface area contributed by atoms with Gasteiger partial charge in [-0.2, -0.15) is 0 Å². The third-order valence-corrected chi connectivity index (χ3v) is 2.30. The molecule has 1 aromatic heterocycles. The molecule has 1 rings (SSSR count). The average Bonchev–Trinajstić information content (AvgIpc) is 2.10. The molecule has 0 fully saturated rings. The Balaban J connectivity index is 2.93. The quantitative estimate of drug-likeness (QED) is 0.700. The molecule has 0 atom stereocenters. The van der Waals surface area contributed by atoms with Crippen LogP contribution in [0.4, 0.5) is 5.82 Å². The van der Waals surface area contributed by atoms with Crippen LogP contribution in [0, 0.1) is 6.92 Å². The molecular formula is C9H14ClN3. The lowest BCUT2D eigenvalue weighted by Crippen LogP contribution is -2.20. The molecule has 72 valence electrons. The number of hydrogen-bond donors (Lipinski definition) is 0. The summed E-state index contributed by atoms with van der Waals surface area (Å²) in [7, 11) is 2.01. The highest BCUT2D eigenvalue weighted by atomic mass is 35.5. The van der Waals surface area contributed by atoms with E-state index in [1.807, 2.05) is 14.0 Å². The summed E-state index contributed by atoms with van der Waals surface area (Å²) in [5.74, 6) is 0.918. The third kappa shape index (κ3) is 2.31. The fourth-order valence-electron chi connectivity index (χ4n) is 1.25. The molecule has 13 heavy (non-hydrogen) atoms. The van der Waals surface area contributed by atoms with Gasteiger partial charge in [0.1, 0.15) is 17.3 Å². The van der Waals surface area contributed by atoms with Crippen molar-refractivity contribution in [3.8, 4) is 0 Å². The van der Waals surface area contributed by atoms with Crippen molar-refractivity contribution in [2.45, 2.75) is 20.3 Å². The zero-order valence-electron chi connectivity index (χ0n) is 8.21. The maximum absolute atomic E-state index is 5.88. The summed E-state index contributed by atoms with van der Waals surface area (Å²) in [4.78, 5) is 10.2. The minimum Gasteiger partial charge on any atom is -0.359 e. The second-order valence-electron chi connectivity index (χ2n) is 3.03. The monoisotopic (exact) mass is 199 g/mol. The van der Waals surface area contributed by atoms with Crippen molar-refractivity contribution >= 4 is 17.4 Å². The van der Waals surface area contributed by atoms with Crippen LogP contribution in [0.15, 0.2) is 6.33 Å². The van der Waals surface area contributed by atoms with Gasteiger partial charge in [0.2, 0.25) is 0 Å². The van der Waals surface area contributed by atoms with E-state index in [-0.39, 0.29) is 0 Å². The molecule has 4 heteroatoms. The van der Waals surface area contributed by atoms with Gasteiger partial charge < -0.3 is 4.90 Å². The lowest BCUT2D eigenvalue weighted by Gasteiger charge is -2.18. The summed E-state index contributed by atoms with van der Waals surface area (Å²) in [6.07, 6.45) is 2.59. The maximum Gasteiger partial charge on any atom is 0.137 e. The summed E-state index contributed by atoms with van der Waals surface area (Å²) in [5.41, 5.74) is 0.945. The Hall–Kier alpha value is -0.830. The minimum atomic E-state index is 0.535. The summed E-state index contributed by atoms with van der Waals surface area (Å²) in [6.45, 7) is 5.05. The molecule has 0 unspecified atom stereocenters. The first-order valence-electron chi connectivity index (χ1n) is 4.35. The number of halogens is 1. The lowest BCUT2D eigenvalue weighted by atomic mass is 10.3. The van der Waals surface area contributed by atoms with Crippen LogP contribution in [0.25, 0.3) is 0 Å². The zero-order valence-corrected chi connectivity index (χ0v) is 8.97. The first-order chi connectivity index (χ1) is 6.16. The highest BCUT2D eigenvalue weighted by molar-refractivity contribution is 6.30. The largest absolute Gasteiger partial charge is 0.359 e. The fourth-order valence-corrected chi connectivity index (χ4v) is 1.37. The van der Waals surface area contributed by atoms with Gasteiger partial charge in [-0.1, -0.05) is 18.5 Å². The second-order valence-corrected chi connectivity index (χ2v) is 3.39. The van der Waals surface area contributed by atoms with Crippen molar-refractivity contribution < 1.29 is 0 Å². The predicted octanol–water partition coefficient (Wildman–Crippen LogP) is 2.28. The van der Waals surface area contributed by atoms with E-state index in [2.05, 4.69) is 21.8 Å². The summed E-state index contributed by atoms with van der Waals surface area (Å²) in [6, 6.07) is 0. The van der Waals surface area contributed by atoms with Gasteiger partial charge in [-0.25, -0.2) is 9.97 Å². The van der Waals surface area contributed by atoms with Gasteiger partial charge in [-0.3, -0.25) is 0 Å². The Bertz CT molecular complexity index is 288. The SMILES string of the molecule is CCCN(C)c1ncnc(Cl)c1C. The van der Waals surface area contributed by atoms with Gasteiger partial charge in [0.25, 0.3) is 0 Å². The molecule has 0 amide bonds. The van der Waals surface area contributed by atoms with E-state index < -0.39 is 0 Å². The van der Waals surface area contributed by atoms with Crippen molar-refractivity contribution in [1.29, 1.82) is 0 Å². The van der Waals surface area contributed by atoms with Crippen molar-refractivity contribution in [2.24, 2.45) is 0 Å². The van der Waals surface area contributed by atoms with Gasteiger partial charge in [0, 0.05) is 19.2 Å². The highest BCUT2D eigenvalue weighted by Gasteiger charge is 2.08. The van der Waals surface area contributed by atoms with E-state index >= 15 is 0 Å². The molecule has 1 heterocycles. The molecule has 3 nitrogen and oxygen atoms in total. The summed E-state index contributed by atoms with van der Waals surface area (Å²) >= 11 is 5.88. The van der Waals surface area contributed by atoms with Crippen LogP contribution >= 0.6 is 11.6 Å². The Morgan fingerprint density at radius 2 is 2.15 bits per heavy atom. The van der Waals surface area contributed by atoms with Gasteiger partial charge in [0.15, 0.2) is 0 Å². The van der Waals surface area contributed by atoms with Crippen LogP contribution in [0.1, 0.15) is 18.9 Å². The first-order valence-corrected chi connectivity index (χ1v) is 4.72. The van der Waals surface area contributed by atoms with E-state index in [0.29, 0.717) is 5.15 Å². The van der Waals surface area contributed by atoms with E-state index in [4.69, 9.17) is 11.6 Å². The molecule has 0 saturated carbocycles. The average molecular weight is 200 g/mol. The van der Waals surface area contributed by atoms with Gasteiger partial charge in [-0.15, -0.1) is 0 Å². The predicted molar refractivity (Wildman–Crippen MR) is 55.3 cm³/mol. The number of anilines is 1. The minimum absolute atomic E-state index is 0.535. The van der Waals surface area contributed by atoms with E-state index in [0.717, 1.165) is 24.3 Å². The summed E-state index contributed by atoms with van der Waals surface area (Å²) < 4.78 is 0. The van der Waals surface area contributed by atoms with Crippen molar-refractivity contribution in [2.75, 3.05) is 18.5 Å². The van der Waals surface area contributed by atoms with Crippen LogP contribution < -0.4 is 4.90 Å².